The van der Waals surface area contributed by atoms with Gasteiger partial charge in [0, 0.05) is 0 Å². The van der Waals surface area contributed by atoms with Gasteiger partial charge in [0.1, 0.15) is 0 Å². The molecule has 134 valence electrons. The summed E-state index contributed by atoms with van der Waals surface area (Å²) in [5.74, 6) is 0. The van der Waals surface area contributed by atoms with Crippen molar-refractivity contribution in [3.8, 4) is 0 Å². The number of fused-ring (bicyclic) bond motifs is 1. The summed E-state index contributed by atoms with van der Waals surface area (Å²) in [4.78, 5) is 0. The zero-order valence-electron chi connectivity index (χ0n) is 16.6. The third kappa shape index (κ3) is 3.99. The predicted molar refractivity (Wildman–Crippen MR) is 97.2 cm³/mol. The Morgan fingerprint density at radius 3 is 2.00 bits per heavy atom. The second kappa shape index (κ2) is 8.43. The smallest absolute Gasteiger partial charge is 1.00 e. The molecular weight excluding hydrogens is 609 g/mol. The van der Waals surface area contributed by atoms with Crippen LogP contribution < -0.4 is 48.0 Å². The van der Waals surface area contributed by atoms with Crippen molar-refractivity contribution in [2.24, 2.45) is 5.41 Å². The van der Waals surface area contributed by atoms with E-state index in [1.54, 1.807) is 31.1 Å². The van der Waals surface area contributed by atoms with Gasteiger partial charge in [-0.1, -0.05) is 0 Å². The number of rotatable bonds is 2. The fraction of sp³-hybridized carbons (Fsp3) is 0.455. The molecule has 0 heterocycles. The monoisotopic (exact) mass is 636 g/mol. The Kier molecular flexibility index (Phi) is 8.03. The Hall–Kier alpha value is 0.783. The van der Waals surface area contributed by atoms with Gasteiger partial charge in [-0.05, 0) is 0 Å². The maximum Gasteiger partial charge on any atom is -1.00 e. The Balaban J connectivity index is 0.00000156. The number of halogens is 2. The van der Waals surface area contributed by atoms with Crippen molar-refractivity contribution >= 4 is 6.08 Å². The molecule has 1 aromatic rings. The van der Waals surface area contributed by atoms with Crippen LogP contribution in [0.15, 0.2) is 37.7 Å². The van der Waals surface area contributed by atoms with E-state index >= 15 is 0 Å². The van der Waals surface area contributed by atoms with Crippen LogP contribution in [0.1, 0.15) is 67.4 Å². The minimum absolute atomic E-state index is 0. The molecule has 0 bridgehead atoms. The molecule has 0 aliphatic heterocycles. The zero-order chi connectivity index (χ0) is 17.1. The van der Waals surface area contributed by atoms with E-state index in [0.29, 0.717) is 0 Å². The third-order valence-corrected chi connectivity index (χ3v) is 11.8. The van der Waals surface area contributed by atoms with Crippen LogP contribution in [0.25, 0.3) is 6.08 Å². The van der Waals surface area contributed by atoms with E-state index in [1.807, 2.05) is 0 Å². The van der Waals surface area contributed by atoms with Gasteiger partial charge in [0.05, 0.1) is 0 Å². The summed E-state index contributed by atoms with van der Waals surface area (Å²) in [6.45, 7) is 18.8. The molecule has 0 aromatic heterocycles. The molecule has 2 aliphatic rings. The van der Waals surface area contributed by atoms with Gasteiger partial charge >= 0.3 is 154 Å². The first-order valence-electron chi connectivity index (χ1n) is 8.60. The molecular formula is C22H28I2Zr. The molecule has 0 saturated carbocycles. The van der Waals surface area contributed by atoms with Crippen molar-refractivity contribution in [2.45, 2.75) is 59.0 Å². The Labute approximate surface area is 199 Å². The van der Waals surface area contributed by atoms with Crippen LogP contribution in [0.5, 0.6) is 0 Å². The van der Waals surface area contributed by atoms with Gasteiger partial charge in [-0.15, -0.1) is 0 Å². The number of hydrogen-bond donors (Lipinski definition) is 0. The zero-order valence-corrected chi connectivity index (χ0v) is 23.3. The Bertz CT molecular complexity index is 794. The van der Waals surface area contributed by atoms with E-state index in [9.17, 15) is 0 Å². The van der Waals surface area contributed by atoms with E-state index in [2.05, 4.69) is 73.6 Å². The quantitative estimate of drug-likeness (QED) is 0.415. The standard InChI is InChI=1S/C12H13.C10H15.2HI.Zr/c1-8-4-10(3)12-7-9(2)6-11(12)5-8;1-7-6-10(4,5)9(3)8(7)2;;;/h4-7H,1-3H3;1-5H3;2*1H;/q;;;;+2/p-2. The minimum atomic E-state index is -0.712. The average Bonchev–Trinajstić information content (AvgIpc) is 2.84. The van der Waals surface area contributed by atoms with Crippen LogP contribution in [-0.4, -0.2) is 0 Å². The SMILES string of the molecule is CC1=Cc2c(C)cc(C)cc2[CH]1[Zr+2][C]1=C(C)C(C)=C(C)C1(C)C.[I-].[I-]. The van der Waals surface area contributed by atoms with E-state index in [4.69, 9.17) is 0 Å². The van der Waals surface area contributed by atoms with Crippen LogP contribution >= 0.6 is 0 Å². The van der Waals surface area contributed by atoms with E-state index in [0.717, 1.165) is 3.63 Å². The van der Waals surface area contributed by atoms with Crippen molar-refractivity contribution in [3.05, 3.63) is 60.0 Å². The first kappa shape index (κ1) is 23.8. The number of aryl methyl sites for hydroxylation is 2. The second-order valence-electron chi connectivity index (χ2n) is 7.93. The molecule has 3 heteroatoms. The maximum absolute atomic E-state index is 2.46. The molecule has 0 saturated heterocycles. The minimum Gasteiger partial charge on any atom is -1.00 e. The predicted octanol–water partition coefficient (Wildman–Crippen LogP) is 0.502. The fourth-order valence-corrected chi connectivity index (χ4v) is 9.01. The van der Waals surface area contributed by atoms with Crippen molar-refractivity contribution in [2.75, 3.05) is 0 Å². The maximum atomic E-state index is 2.46. The van der Waals surface area contributed by atoms with Gasteiger partial charge in [0.2, 0.25) is 0 Å². The summed E-state index contributed by atoms with van der Waals surface area (Å²) in [5, 5.41) is 0. The van der Waals surface area contributed by atoms with Crippen LogP contribution in [0, 0.1) is 19.3 Å². The summed E-state index contributed by atoms with van der Waals surface area (Å²) in [6, 6.07) is 4.78. The topological polar surface area (TPSA) is 0 Å². The summed E-state index contributed by atoms with van der Waals surface area (Å²) in [7, 11) is 0. The van der Waals surface area contributed by atoms with Gasteiger partial charge in [0.25, 0.3) is 0 Å². The summed E-state index contributed by atoms with van der Waals surface area (Å²) in [5.41, 5.74) is 12.6. The molecule has 0 radical (unpaired) electrons. The number of benzene rings is 1. The molecule has 1 atom stereocenters. The van der Waals surface area contributed by atoms with Crippen LogP contribution in [-0.2, 0) is 23.2 Å². The molecule has 0 nitrogen and oxygen atoms in total. The van der Waals surface area contributed by atoms with Gasteiger partial charge in [-0.3, -0.25) is 0 Å². The Morgan fingerprint density at radius 1 is 0.880 bits per heavy atom. The summed E-state index contributed by atoms with van der Waals surface area (Å²) < 4.78 is 2.52. The number of hydrogen-bond acceptors (Lipinski definition) is 0. The van der Waals surface area contributed by atoms with Crippen LogP contribution in [0.3, 0.4) is 0 Å². The molecule has 0 fully saturated rings. The first-order chi connectivity index (χ1) is 10.6. The fourth-order valence-electron chi connectivity index (χ4n) is 4.22. The van der Waals surface area contributed by atoms with Crippen molar-refractivity contribution < 1.29 is 71.2 Å². The summed E-state index contributed by atoms with van der Waals surface area (Å²) in [6.07, 6.45) is 2.46. The normalized spacial score (nSPS) is 20.6. The van der Waals surface area contributed by atoms with Crippen molar-refractivity contribution in [3.63, 3.8) is 0 Å². The molecule has 0 amide bonds. The molecule has 0 N–H and O–H groups in total. The number of allylic oxidation sites excluding steroid dienone is 5. The van der Waals surface area contributed by atoms with Crippen LogP contribution in [0.2, 0.25) is 0 Å². The molecule has 0 spiro atoms. The summed E-state index contributed by atoms with van der Waals surface area (Å²) >= 11 is -0.712. The first-order valence-corrected chi connectivity index (χ1v) is 11.2. The van der Waals surface area contributed by atoms with Gasteiger partial charge in [0.15, 0.2) is 0 Å². The van der Waals surface area contributed by atoms with Crippen molar-refractivity contribution in [1.82, 2.24) is 0 Å². The van der Waals surface area contributed by atoms with Crippen LogP contribution in [0.4, 0.5) is 0 Å². The molecule has 3 rings (SSSR count). The molecule has 1 unspecified atom stereocenters. The molecule has 2 aliphatic carbocycles. The Morgan fingerprint density at radius 2 is 1.48 bits per heavy atom. The van der Waals surface area contributed by atoms with E-state index in [1.165, 1.54) is 16.7 Å². The van der Waals surface area contributed by atoms with Gasteiger partial charge < -0.3 is 48.0 Å². The van der Waals surface area contributed by atoms with Crippen molar-refractivity contribution in [1.29, 1.82) is 0 Å². The average molecular weight is 637 g/mol. The third-order valence-electron chi connectivity index (χ3n) is 6.05. The molecule has 1 aromatic carbocycles. The van der Waals surface area contributed by atoms with E-state index < -0.39 is 23.2 Å². The van der Waals surface area contributed by atoms with Gasteiger partial charge in [-0.2, -0.15) is 0 Å². The largest absolute Gasteiger partial charge is 1.00 e. The van der Waals surface area contributed by atoms with Gasteiger partial charge in [-0.25, -0.2) is 0 Å². The second-order valence-corrected chi connectivity index (χ2v) is 11.3. The van der Waals surface area contributed by atoms with E-state index in [-0.39, 0.29) is 53.4 Å². The molecule has 25 heavy (non-hydrogen) atoms.